The van der Waals surface area contributed by atoms with Gasteiger partial charge in [0.1, 0.15) is 0 Å². The highest BCUT2D eigenvalue weighted by Crippen LogP contribution is 2.04. The van der Waals surface area contributed by atoms with E-state index >= 15 is 0 Å². The predicted octanol–water partition coefficient (Wildman–Crippen LogP) is 0.311. The molecule has 0 aliphatic carbocycles. The SMILES string of the molecule is CCN(CC)S(=O)(=O)CCN=C(N)N1CCOC(C)C1.I. The minimum absolute atomic E-state index is 0. The van der Waals surface area contributed by atoms with Crippen LogP contribution in [0.4, 0.5) is 0 Å². The van der Waals surface area contributed by atoms with E-state index in [9.17, 15) is 8.42 Å². The van der Waals surface area contributed by atoms with Gasteiger partial charge in [0, 0.05) is 26.2 Å². The Morgan fingerprint density at radius 2 is 2.05 bits per heavy atom. The van der Waals surface area contributed by atoms with Gasteiger partial charge in [-0.2, -0.15) is 0 Å². The lowest BCUT2D eigenvalue weighted by molar-refractivity contribution is 0.00531. The molecule has 1 fully saturated rings. The molecular formula is C12H27IN4O3S. The van der Waals surface area contributed by atoms with Crippen LogP contribution in [0, 0.1) is 0 Å². The van der Waals surface area contributed by atoms with E-state index in [-0.39, 0.29) is 42.4 Å². The zero-order valence-electron chi connectivity index (χ0n) is 13.0. The molecule has 0 aromatic heterocycles. The van der Waals surface area contributed by atoms with Crippen molar-refractivity contribution < 1.29 is 13.2 Å². The lowest BCUT2D eigenvalue weighted by atomic mass is 10.3. The molecule has 1 heterocycles. The zero-order chi connectivity index (χ0) is 15.2. The fourth-order valence-electron chi connectivity index (χ4n) is 2.15. The molecular weight excluding hydrogens is 407 g/mol. The Kier molecular flexibility index (Phi) is 9.74. The molecule has 7 nitrogen and oxygen atoms in total. The maximum Gasteiger partial charge on any atom is 0.215 e. The van der Waals surface area contributed by atoms with Gasteiger partial charge in [0.05, 0.1) is 25.0 Å². The van der Waals surface area contributed by atoms with Crippen molar-refractivity contribution in [3.63, 3.8) is 0 Å². The highest BCUT2D eigenvalue weighted by Gasteiger charge is 2.20. The largest absolute Gasteiger partial charge is 0.375 e. The smallest absolute Gasteiger partial charge is 0.215 e. The van der Waals surface area contributed by atoms with Gasteiger partial charge in [0.15, 0.2) is 5.96 Å². The van der Waals surface area contributed by atoms with E-state index in [1.54, 1.807) is 0 Å². The average Bonchev–Trinajstić information content (AvgIpc) is 2.39. The number of aliphatic imine (C=N–C) groups is 1. The van der Waals surface area contributed by atoms with Gasteiger partial charge in [-0.3, -0.25) is 4.99 Å². The van der Waals surface area contributed by atoms with Crippen molar-refractivity contribution in [3.8, 4) is 0 Å². The van der Waals surface area contributed by atoms with Gasteiger partial charge < -0.3 is 15.4 Å². The van der Waals surface area contributed by atoms with Gasteiger partial charge in [-0.15, -0.1) is 24.0 Å². The predicted molar refractivity (Wildman–Crippen MR) is 95.6 cm³/mol. The maximum absolute atomic E-state index is 12.0. The minimum Gasteiger partial charge on any atom is -0.375 e. The van der Waals surface area contributed by atoms with Crippen molar-refractivity contribution in [2.45, 2.75) is 26.9 Å². The van der Waals surface area contributed by atoms with E-state index in [4.69, 9.17) is 10.5 Å². The number of morpholine rings is 1. The van der Waals surface area contributed by atoms with Gasteiger partial charge in [-0.1, -0.05) is 13.8 Å². The summed E-state index contributed by atoms with van der Waals surface area (Å²) < 4.78 is 30.8. The molecule has 0 bridgehead atoms. The molecule has 0 aromatic rings. The Labute approximate surface area is 145 Å². The highest BCUT2D eigenvalue weighted by atomic mass is 127. The highest BCUT2D eigenvalue weighted by molar-refractivity contribution is 14.0. The maximum atomic E-state index is 12.0. The first-order valence-corrected chi connectivity index (χ1v) is 8.65. The van der Waals surface area contributed by atoms with E-state index < -0.39 is 10.0 Å². The summed E-state index contributed by atoms with van der Waals surface area (Å²) in [4.78, 5) is 6.11. The van der Waals surface area contributed by atoms with E-state index in [0.29, 0.717) is 38.7 Å². The van der Waals surface area contributed by atoms with Gasteiger partial charge >= 0.3 is 0 Å². The van der Waals surface area contributed by atoms with Crippen molar-refractivity contribution in [1.29, 1.82) is 0 Å². The summed E-state index contributed by atoms with van der Waals surface area (Å²) >= 11 is 0. The number of rotatable bonds is 6. The van der Waals surface area contributed by atoms with Crippen LogP contribution in [0.5, 0.6) is 0 Å². The molecule has 1 aliphatic heterocycles. The van der Waals surface area contributed by atoms with Crippen molar-refractivity contribution in [1.82, 2.24) is 9.21 Å². The Hall–Kier alpha value is -0.130. The summed E-state index contributed by atoms with van der Waals surface area (Å²) in [6.07, 6.45) is 0.122. The summed E-state index contributed by atoms with van der Waals surface area (Å²) in [6.45, 7) is 8.80. The third-order valence-corrected chi connectivity index (χ3v) is 5.29. The van der Waals surface area contributed by atoms with Gasteiger partial charge in [0.2, 0.25) is 10.0 Å². The van der Waals surface area contributed by atoms with Crippen LogP contribution in [0.25, 0.3) is 0 Å². The number of nitrogens with zero attached hydrogens (tertiary/aromatic N) is 3. The molecule has 1 rings (SSSR count). The molecule has 2 N–H and O–H groups in total. The lowest BCUT2D eigenvalue weighted by Crippen LogP contribution is -2.48. The Bertz CT molecular complexity index is 426. The van der Waals surface area contributed by atoms with E-state index in [1.807, 2.05) is 25.7 Å². The number of halogens is 1. The van der Waals surface area contributed by atoms with Crippen LogP contribution in [0.15, 0.2) is 4.99 Å². The van der Waals surface area contributed by atoms with E-state index in [0.717, 1.165) is 0 Å². The molecule has 1 atom stereocenters. The minimum atomic E-state index is -3.23. The molecule has 0 amide bonds. The van der Waals surface area contributed by atoms with Gasteiger partial charge in [0.25, 0.3) is 0 Å². The summed E-state index contributed by atoms with van der Waals surface area (Å²) in [5, 5.41) is 0. The van der Waals surface area contributed by atoms with Crippen molar-refractivity contribution >= 4 is 40.0 Å². The zero-order valence-corrected chi connectivity index (χ0v) is 16.1. The van der Waals surface area contributed by atoms with Crippen LogP contribution in [0.1, 0.15) is 20.8 Å². The fraction of sp³-hybridized carbons (Fsp3) is 0.917. The van der Waals surface area contributed by atoms with Crippen LogP contribution >= 0.6 is 24.0 Å². The van der Waals surface area contributed by atoms with Crippen LogP contribution in [-0.4, -0.2) is 74.8 Å². The molecule has 1 aliphatic rings. The number of nitrogens with two attached hydrogens (primary N) is 1. The van der Waals surface area contributed by atoms with Crippen LogP contribution < -0.4 is 5.73 Å². The molecule has 0 aromatic carbocycles. The Morgan fingerprint density at radius 1 is 1.43 bits per heavy atom. The monoisotopic (exact) mass is 434 g/mol. The molecule has 1 saturated heterocycles. The fourth-order valence-corrected chi connectivity index (χ4v) is 3.52. The Morgan fingerprint density at radius 3 is 2.57 bits per heavy atom. The third kappa shape index (κ3) is 6.66. The summed E-state index contributed by atoms with van der Waals surface area (Å²) in [5.41, 5.74) is 5.89. The molecule has 0 saturated carbocycles. The number of hydrogen-bond donors (Lipinski definition) is 1. The molecule has 0 radical (unpaired) electrons. The van der Waals surface area contributed by atoms with Gasteiger partial charge in [-0.05, 0) is 6.92 Å². The molecule has 126 valence electrons. The second-order valence-corrected chi connectivity index (χ2v) is 6.86. The normalized spacial score (nSPS) is 20.5. The Balaban J connectivity index is 0.00000400. The van der Waals surface area contributed by atoms with Crippen molar-refractivity contribution in [2.24, 2.45) is 10.7 Å². The topological polar surface area (TPSA) is 88.2 Å². The third-order valence-electron chi connectivity index (χ3n) is 3.29. The molecule has 9 heteroatoms. The average molecular weight is 434 g/mol. The van der Waals surface area contributed by atoms with Gasteiger partial charge in [-0.25, -0.2) is 12.7 Å². The van der Waals surface area contributed by atoms with Crippen molar-refractivity contribution in [3.05, 3.63) is 0 Å². The molecule has 0 spiro atoms. The van der Waals surface area contributed by atoms with Crippen LogP contribution in [0.2, 0.25) is 0 Å². The number of guanidine groups is 1. The summed E-state index contributed by atoms with van der Waals surface area (Å²) in [5.74, 6) is 0.393. The van der Waals surface area contributed by atoms with Crippen molar-refractivity contribution in [2.75, 3.05) is 45.1 Å². The summed E-state index contributed by atoms with van der Waals surface area (Å²) in [6, 6.07) is 0. The number of sulfonamides is 1. The van der Waals surface area contributed by atoms with Crippen LogP contribution in [-0.2, 0) is 14.8 Å². The molecule has 21 heavy (non-hydrogen) atoms. The van der Waals surface area contributed by atoms with Crippen LogP contribution in [0.3, 0.4) is 0 Å². The first-order valence-electron chi connectivity index (χ1n) is 7.05. The second kappa shape index (κ2) is 9.80. The summed E-state index contributed by atoms with van der Waals surface area (Å²) in [7, 11) is -3.23. The second-order valence-electron chi connectivity index (χ2n) is 4.77. The first kappa shape index (κ1) is 20.9. The quantitative estimate of drug-likeness (QED) is 0.370. The number of hydrogen-bond acceptors (Lipinski definition) is 4. The van der Waals surface area contributed by atoms with E-state index in [1.165, 1.54) is 4.31 Å². The molecule has 1 unspecified atom stereocenters. The standard InChI is InChI=1S/C12H26N4O3S.HI/c1-4-16(5-2)20(17,18)9-6-14-12(13)15-7-8-19-11(3)10-15;/h11H,4-10H2,1-3H3,(H2,13,14);1H. The van der Waals surface area contributed by atoms with E-state index in [2.05, 4.69) is 4.99 Å². The lowest BCUT2D eigenvalue weighted by Gasteiger charge is -2.31. The first-order chi connectivity index (χ1) is 9.40. The number of ether oxygens (including phenoxy) is 1.